The first kappa shape index (κ1) is 13.5. The van der Waals surface area contributed by atoms with E-state index in [-0.39, 0.29) is 5.84 Å². The Labute approximate surface area is 115 Å². The number of benzene rings is 1. The van der Waals surface area contributed by atoms with Gasteiger partial charge < -0.3 is 15.4 Å². The number of oxazole rings is 1. The highest BCUT2D eigenvalue weighted by Crippen LogP contribution is 2.25. The molecule has 0 saturated heterocycles. The van der Waals surface area contributed by atoms with Crippen molar-refractivity contribution in [1.82, 2.24) is 4.98 Å². The summed E-state index contributed by atoms with van der Waals surface area (Å²) in [6.07, 6.45) is 0. The van der Waals surface area contributed by atoms with E-state index in [0.717, 1.165) is 22.6 Å². The monoisotopic (exact) mass is 277 g/mol. The normalized spacial score (nSPS) is 11.8. The smallest absolute Gasteiger partial charge is 0.256 e. The number of hydrogen-bond donors (Lipinski definition) is 2. The van der Waals surface area contributed by atoms with Crippen molar-refractivity contribution < 1.29 is 9.62 Å². The van der Waals surface area contributed by atoms with Crippen LogP contribution in [0.15, 0.2) is 39.1 Å². The Kier molecular flexibility index (Phi) is 4.11. The van der Waals surface area contributed by atoms with Gasteiger partial charge in [-0.2, -0.15) is 0 Å². The van der Waals surface area contributed by atoms with E-state index in [1.165, 1.54) is 11.8 Å². The molecule has 0 bridgehead atoms. The van der Waals surface area contributed by atoms with Crippen molar-refractivity contribution in [3.63, 3.8) is 0 Å². The number of aryl methyl sites for hydroxylation is 2. The molecule has 19 heavy (non-hydrogen) atoms. The summed E-state index contributed by atoms with van der Waals surface area (Å²) in [5.41, 5.74) is 8.23. The predicted molar refractivity (Wildman–Crippen MR) is 74.5 cm³/mol. The zero-order valence-electron chi connectivity index (χ0n) is 10.8. The summed E-state index contributed by atoms with van der Waals surface area (Å²) < 4.78 is 5.50. The average molecular weight is 277 g/mol. The van der Waals surface area contributed by atoms with Gasteiger partial charge in [0.25, 0.3) is 5.22 Å². The molecule has 2 aromatic rings. The largest absolute Gasteiger partial charge is 0.437 e. The molecule has 0 unspecified atom stereocenters. The zero-order chi connectivity index (χ0) is 13.8. The molecule has 5 nitrogen and oxygen atoms in total. The zero-order valence-corrected chi connectivity index (χ0v) is 11.6. The number of nitrogens with two attached hydrogens (primary N) is 1. The molecule has 0 radical (unpaired) electrons. The lowest BCUT2D eigenvalue weighted by molar-refractivity contribution is 0.318. The number of nitrogens with zero attached hydrogens (tertiary/aromatic N) is 2. The second-order valence-corrected chi connectivity index (χ2v) is 4.98. The first-order valence-electron chi connectivity index (χ1n) is 5.74. The Balaban J connectivity index is 2.15. The number of hydrogen-bond acceptors (Lipinski definition) is 5. The minimum absolute atomic E-state index is 0.107. The maximum atomic E-state index is 8.76. The van der Waals surface area contributed by atoms with Crippen molar-refractivity contribution in [2.45, 2.75) is 24.8 Å². The fraction of sp³-hybridized carbons (Fsp3) is 0.231. The van der Waals surface area contributed by atoms with Gasteiger partial charge in [-0.15, -0.1) is 0 Å². The van der Waals surface area contributed by atoms with Crippen LogP contribution in [0, 0.1) is 13.8 Å². The van der Waals surface area contributed by atoms with Crippen molar-refractivity contribution in [3.8, 4) is 0 Å². The molecule has 0 aliphatic heterocycles. The lowest BCUT2D eigenvalue weighted by Crippen LogP contribution is -2.15. The molecule has 0 aliphatic rings. The van der Waals surface area contributed by atoms with Crippen molar-refractivity contribution in [1.29, 1.82) is 0 Å². The molecule has 3 N–H and O–H groups in total. The van der Waals surface area contributed by atoms with Crippen molar-refractivity contribution in [2.75, 3.05) is 0 Å². The predicted octanol–water partition coefficient (Wildman–Crippen LogP) is 2.68. The van der Waals surface area contributed by atoms with Crippen molar-refractivity contribution in [2.24, 2.45) is 10.9 Å². The summed E-state index contributed by atoms with van der Waals surface area (Å²) in [7, 11) is 0. The Morgan fingerprint density at radius 1 is 1.42 bits per heavy atom. The van der Waals surface area contributed by atoms with E-state index in [0.29, 0.717) is 11.0 Å². The van der Waals surface area contributed by atoms with E-state index in [1.807, 2.05) is 38.1 Å². The van der Waals surface area contributed by atoms with Crippen LogP contribution < -0.4 is 5.73 Å². The molecule has 1 aromatic carbocycles. The first-order valence-corrected chi connectivity index (χ1v) is 6.73. The second kappa shape index (κ2) is 5.79. The Morgan fingerprint density at radius 2 is 2.16 bits per heavy atom. The lowest BCUT2D eigenvalue weighted by Gasteiger charge is -2.06. The first-order chi connectivity index (χ1) is 9.11. The molecule has 0 aliphatic carbocycles. The van der Waals surface area contributed by atoms with Crippen LogP contribution in [0.5, 0.6) is 0 Å². The van der Waals surface area contributed by atoms with Gasteiger partial charge in [-0.1, -0.05) is 41.2 Å². The van der Waals surface area contributed by atoms with Crippen LogP contribution in [0.4, 0.5) is 0 Å². The average Bonchev–Trinajstić information content (AvgIpc) is 2.75. The van der Waals surface area contributed by atoms with E-state index in [1.54, 1.807) is 0 Å². The summed E-state index contributed by atoms with van der Waals surface area (Å²) in [5.74, 6) is 1.58. The molecule has 1 aromatic heterocycles. The van der Waals surface area contributed by atoms with E-state index in [9.17, 15) is 0 Å². The number of aromatic nitrogens is 1. The molecule has 1 heterocycles. The molecule has 0 amide bonds. The molecule has 6 heteroatoms. The van der Waals surface area contributed by atoms with Gasteiger partial charge >= 0.3 is 0 Å². The summed E-state index contributed by atoms with van der Waals surface area (Å²) >= 11 is 1.48. The molecule has 0 fully saturated rings. The summed E-state index contributed by atoms with van der Waals surface area (Å²) in [4.78, 5) is 4.31. The van der Waals surface area contributed by atoms with Gasteiger partial charge in [-0.25, -0.2) is 4.98 Å². The Bertz CT molecular complexity index is 588. The Morgan fingerprint density at radius 3 is 2.79 bits per heavy atom. The molecule has 100 valence electrons. The highest BCUT2D eigenvalue weighted by molar-refractivity contribution is 7.98. The molecular weight excluding hydrogens is 262 g/mol. The van der Waals surface area contributed by atoms with Crippen LogP contribution in [0.25, 0.3) is 0 Å². The van der Waals surface area contributed by atoms with Crippen LogP contribution in [-0.4, -0.2) is 16.0 Å². The van der Waals surface area contributed by atoms with E-state index >= 15 is 0 Å². The van der Waals surface area contributed by atoms with Gasteiger partial charge in [0.1, 0.15) is 5.76 Å². The van der Waals surface area contributed by atoms with Crippen LogP contribution in [0.2, 0.25) is 0 Å². The van der Waals surface area contributed by atoms with Gasteiger partial charge in [-0.3, -0.25) is 0 Å². The van der Waals surface area contributed by atoms with E-state index in [2.05, 4.69) is 10.1 Å². The van der Waals surface area contributed by atoms with Crippen LogP contribution in [0.3, 0.4) is 0 Å². The van der Waals surface area contributed by atoms with E-state index in [4.69, 9.17) is 15.4 Å². The summed E-state index contributed by atoms with van der Waals surface area (Å²) in [6, 6.07) is 7.51. The third-order valence-electron chi connectivity index (χ3n) is 2.76. The lowest BCUT2D eigenvalue weighted by atomic mass is 10.1. The van der Waals surface area contributed by atoms with Crippen LogP contribution in [-0.2, 0) is 5.75 Å². The van der Waals surface area contributed by atoms with Crippen molar-refractivity contribution >= 4 is 17.6 Å². The fourth-order valence-electron chi connectivity index (χ4n) is 1.59. The number of thioether (sulfide) groups is 1. The molecular formula is C13H15N3O2S. The van der Waals surface area contributed by atoms with Gasteiger partial charge in [0.2, 0.25) is 0 Å². The highest BCUT2D eigenvalue weighted by Gasteiger charge is 2.10. The van der Waals surface area contributed by atoms with Gasteiger partial charge in [-0.05, 0) is 19.4 Å². The third kappa shape index (κ3) is 3.08. The maximum absolute atomic E-state index is 8.76. The summed E-state index contributed by atoms with van der Waals surface area (Å²) in [6.45, 7) is 3.80. The molecule has 0 spiro atoms. The minimum Gasteiger partial charge on any atom is -0.437 e. The minimum atomic E-state index is 0.107. The standard InChI is InChI=1S/C13H15N3O2S/c1-8-9(2)18-13(15-8)19-7-10-5-3-4-6-11(10)12(14)16-17/h3-6,17H,7H2,1-2H3,(H2,14,16). The highest BCUT2D eigenvalue weighted by atomic mass is 32.2. The van der Waals surface area contributed by atoms with Crippen LogP contribution >= 0.6 is 11.8 Å². The number of amidine groups is 1. The summed E-state index contributed by atoms with van der Waals surface area (Å²) in [5, 5.41) is 12.4. The molecule has 0 atom stereocenters. The fourth-order valence-corrected chi connectivity index (χ4v) is 2.51. The topological polar surface area (TPSA) is 84.6 Å². The van der Waals surface area contributed by atoms with Crippen LogP contribution in [0.1, 0.15) is 22.6 Å². The van der Waals surface area contributed by atoms with Gasteiger partial charge in [0, 0.05) is 11.3 Å². The SMILES string of the molecule is Cc1nc(SCc2ccccc2/C(N)=N/O)oc1C. The molecule has 0 saturated carbocycles. The third-order valence-corrected chi connectivity index (χ3v) is 3.64. The maximum Gasteiger partial charge on any atom is 0.256 e. The van der Waals surface area contributed by atoms with Gasteiger partial charge in [0.15, 0.2) is 5.84 Å². The second-order valence-electron chi connectivity index (χ2n) is 4.05. The molecule has 2 rings (SSSR count). The van der Waals surface area contributed by atoms with Crippen molar-refractivity contribution in [3.05, 3.63) is 46.8 Å². The number of rotatable bonds is 4. The quantitative estimate of drug-likeness (QED) is 0.295. The van der Waals surface area contributed by atoms with Gasteiger partial charge in [0.05, 0.1) is 5.69 Å². The Hall–Kier alpha value is -1.95. The number of oxime groups is 1. The van der Waals surface area contributed by atoms with E-state index < -0.39 is 0 Å².